The molecule has 0 atom stereocenters. The second-order valence-corrected chi connectivity index (χ2v) is 13.3. The molecule has 2 heterocycles. The van der Waals surface area contributed by atoms with Crippen molar-refractivity contribution in [1.29, 1.82) is 0 Å². The van der Waals surface area contributed by atoms with Gasteiger partial charge in [0.15, 0.2) is 0 Å². The van der Waals surface area contributed by atoms with Gasteiger partial charge in [-0.3, -0.25) is 0 Å². The van der Waals surface area contributed by atoms with E-state index in [1.807, 2.05) is 24.3 Å². The Labute approximate surface area is 293 Å². The minimum Gasteiger partial charge on any atom is -0.456 e. The lowest BCUT2D eigenvalue weighted by molar-refractivity contribution is 0.669. The van der Waals surface area contributed by atoms with Crippen molar-refractivity contribution < 1.29 is 4.42 Å². The summed E-state index contributed by atoms with van der Waals surface area (Å²) in [6.07, 6.45) is 0. The van der Waals surface area contributed by atoms with Gasteiger partial charge in [-0.2, -0.15) is 0 Å². The van der Waals surface area contributed by atoms with Crippen molar-refractivity contribution in [3.8, 4) is 33.6 Å². The minimum atomic E-state index is 0.852. The average molecular weight is 649 g/mol. The van der Waals surface area contributed by atoms with Crippen LogP contribution in [0.3, 0.4) is 0 Å². The predicted molar refractivity (Wildman–Crippen MR) is 213 cm³/mol. The monoisotopic (exact) mass is 648 g/mol. The molecule has 3 heteroatoms. The molecule has 0 aliphatic carbocycles. The summed E-state index contributed by atoms with van der Waals surface area (Å²) in [7, 11) is 0. The number of hydrogen-bond acceptors (Lipinski definition) is 3. The Balaban J connectivity index is 1.11. The molecule has 0 unspecified atom stereocenters. The number of fused-ring (bicyclic) bond motifs is 11. The van der Waals surface area contributed by atoms with Gasteiger partial charge in [0.25, 0.3) is 0 Å². The van der Waals surface area contributed by atoms with Crippen LogP contribution in [0.15, 0.2) is 174 Å². The van der Waals surface area contributed by atoms with E-state index in [1.54, 1.807) is 0 Å². The Bertz CT molecular complexity index is 3190. The SMILES string of the molecule is c1ccc(-c2nc3cc(-c4cccc5c4ccc4ccc6c7ccccc7ccc6c45)ccc3nc2-c2ccc3oc4ccccc4c3c2)cc1. The summed E-state index contributed by atoms with van der Waals surface area (Å²) in [5.74, 6) is 0. The van der Waals surface area contributed by atoms with E-state index < -0.39 is 0 Å². The van der Waals surface area contributed by atoms with Gasteiger partial charge in [-0.15, -0.1) is 0 Å². The molecule has 0 saturated carbocycles. The summed E-state index contributed by atoms with van der Waals surface area (Å²) >= 11 is 0. The maximum atomic E-state index is 6.14. The highest BCUT2D eigenvalue weighted by molar-refractivity contribution is 6.26. The maximum absolute atomic E-state index is 6.14. The van der Waals surface area contributed by atoms with Gasteiger partial charge < -0.3 is 4.42 Å². The van der Waals surface area contributed by atoms with Gasteiger partial charge in [0.1, 0.15) is 11.2 Å². The molecular formula is C48H28N2O. The molecule has 9 aromatic carbocycles. The van der Waals surface area contributed by atoms with Crippen molar-refractivity contribution in [2.45, 2.75) is 0 Å². The van der Waals surface area contributed by atoms with Gasteiger partial charge in [-0.05, 0) is 90.6 Å². The molecule has 0 fully saturated rings. The van der Waals surface area contributed by atoms with Crippen LogP contribution in [-0.4, -0.2) is 9.97 Å². The van der Waals surface area contributed by atoms with Crippen molar-refractivity contribution >= 4 is 76.1 Å². The van der Waals surface area contributed by atoms with E-state index in [9.17, 15) is 0 Å². The molecule has 0 spiro atoms. The molecule has 0 saturated heterocycles. The molecule has 51 heavy (non-hydrogen) atoms. The van der Waals surface area contributed by atoms with Crippen molar-refractivity contribution in [1.82, 2.24) is 9.97 Å². The fourth-order valence-corrected chi connectivity index (χ4v) is 8.03. The Morgan fingerprint density at radius 3 is 1.92 bits per heavy atom. The zero-order chi connectivity index (χ0) is 33.5. The molecule has 0 aliphatic rings. The highest BCUT2D eigenvalue weighted by Gasteiger charge is 2.17. The van der Waals surface area contributed by atoms with Crippen molar-refractivity contribution in [2.75, 3.05) is 0 Å². The Kier molecular flexibility index (Phi) is 5.96. The second kappa shape index (κ2) is 10.8. The second-order valence-electron chi connectivity index (χ2n) is 13.3. The van der Waals surface area contributed by atoms with Gasteiger partial charge in [-0.25, -0.2) is 9.97 Å². The lowest BCUT2D eigenvalue weighted by Crippen LogP contribution is -1.96. The third-order valence-electron chi connectivity index (χ3n) is 10.4. The van der Waals surface area contributed by atoms with Crippen molar-refractivity contribution in [2.24, 2.45) is 0 Å². The van der Waals surface area contributed by atoms with Crippen LogP contribution in [0.2, 0.25) is 0 Å². The summed E-state index contributed by atoms with van der Waals surface area (Å²) < 4.78 is 6.14. The fraction of sp³-hybridized carbons (Fsp3) is 0. The smallest absolute Gasteiger partial charge is 0.135 e. The van der Waals surface area contributed by atoms with E-state index in [0.717, 1.165) is 61.1 Å². The molecule has 0 bridgehead atoms. The van der Waals surface area contributed by atoms with Crippen LogP contribution in [0.4, 0.5) is 0 Å². The summed E-state index contributed by atoms with van der Waals surface area (Å²) in [4.78, 5) is 10.6. The average Bonchev–Trinajstić information content (AvgIpc) is 3.58. The first-order valence-electron chi connectivity index (χ1n) is 17.3. The standard InChI is InChI=1S/C48H28N2O/c1-2-10-31(11-3-1)47-48(33-21-26-45-41(27-33)38-13-6-7-16-44(38)51-45)49-42-25-20-32(28-43(42)50-47)35-14-8-15-39-37(35)23-19-30-18-22-36-34-12-5-4-9-29(34)17-24-40(36)46(30)39/h1-28H. The highest BCUT2D eigenvalue weighted by atomic mass is 16.3. The van der Waals surface area contributed by atoms with Gasteiger partial charge in [0, 0.05) is 21.9 Å². The first kappa shape index (κ1) is 28.0. The van der Waals surface area contributed by atoms with E-state index in [4.69, 9.17) is 14.4 Å². The van der Waals surface area contributed by atoms with Gasteiger partial charge in [-0.1, -0.05) is 133 Å². The number of furan rings is 1. The topological polar surface area (TPSA) is 38.9 Å². The largest absolute Gasteiger partial charge is 0.456 e. The van der Waals surface area contributed by atoms with Gasteiger partial charge >= 0.3 is 0 Å². The van der Waals surface area contributed by atoms with Crippen LogP contribution in [-0.2, 0) is 0 Å². The van der Waals surface area contributed by atoms with Crippen LogP contribution in [0.1, 0.15) is 0 Å². The highest BCUT2D eigenvalue weighted by Crippen LogP contribution is 2.40. The van der Waals surface area contributed by atoms with Crippen molar-refractivity contribution in [3.05, 3.63) is 170 Å². The summed E-state index contributed by atoms with van der Waals surface area (Å²) in [6, 6.07) is 60.3. The van der Waals surface area contributed by atoms with Crippen LogP contribution >= 0.6 is 0 Å². The molecule has 3 nitrogen and oxygen atoms in total. The third-order valence-corrected chi connectivity index (χ3v) is 10.4. The zero-order valence-electron chi connectivity index (χ0n) is 27.5. The number of aromatic nitrogens is 2. The van der Waals surface area contributed by atoms with Crippen molar-refractivity contribution in [3.63, 3.8) is 0 Å². The molecule has 236 valence electrons. The summed E-state index contributed by atoms with van der Waals surface area (Å²) in [5.41, 5.74) is 9.50. The van der Waals surface area contributed by atoms with Crippen LogP contribution in [0, 0.1) is 0 Å². The first-order chi connectivity index (χ1) is 25.3. The Morgan fingerprint density at radius 2 is 1.00 bits per heavy atom. The molecule has 0 amide bonds. The molecule has 0 aliphatic heterocycles. The quantitative estimate of drug-likeness (QED) is 0.179. The van der Waals surface area contributed by atoms with Crippen LogP contribution in [0.5, 0.6) is 0 Å². The molecule has 0 N–H and O–H groups in total. The number of benzene rings is 9. The predicted octanol–water partition coefficient (Wildman–Crippen LogP) is 13.1. The minimum absolute atomic E-state index is 0.852. The molecule has 11 rings (SSSR count). The normalized spacial score (nSPS) is 11.9. The lowest BCUT2D eigenvalue weighted by atomic mass is 9.91. The summed E-state index contributed by atoms with van der Waals surface area (Å²) in [6.45, 7) is 0. The lowest BCUT2D eigenvalue weighted by Gasteiger charge is -2.14. The Morgan fingerprint density at radius 1 is 0.333 bits per heavy atom. The van der Waals surface area contributed by atoms with Crippen LogP contribution in [0.25, 0.3) is 110 Å². The van der Waals surface area contributed by atoms with Gasteiger partial charge in [0.2, 0.25) is 0 Å². The fourth-order valence-electron chi connectivity index (χ4n) is 8.03. The van der Waals surface area contributed by atoms with E-state index in [1.165, 1.54) is 48.7 Å². The number of para-hydroxylation sites is 1. The van der Waals surface area contributed by atoms with E-state index in [2.05, 4.69) is 146 Å². The maximum Gasteiger partial charge on any atom is 0.135 e. The zero-order valence-corrected chi connectivity index (χ0v) is 27.5. The number of rotatable bonds is 3. The molecule has 11 aromatic rings. The molecule has 0 radical (unpaired) electrons. The number of hydrogen-bond donors (Lipinski definition) is 0. The molecular weight excluding hydrogens is 621 g/mol. The van der Waals surface area contributed by atoms with E-state index in [-0.39, 0.29) is 0 Å². The third kappa shape index (κ3) is 4.32. The first-order valence-corrected chi connectivity index (χ1v) is 17.3. The van der Waals surface area contributed by atoms with E-state index >= 15 is 0 Å². The van der Waals surface area contributed by atoms with E-state index in [0.29, 0.717) is 0 Å². The summed E-state index contributed by atoms with van der Waals surface area (Å²) in [5, 5.41) is 12.3. The number of nitrogens with zero attached hydrogens (tertiary/aromatic N) is 2. The Hall–Kier alpha value is -6.84. The molecule has 2 aromatic heterocycles. The van der Waals surface area contributed by atoms with Gasteiger partial charge in [0.05, 0.1) is 22.4 Å². The van der Waals surface area contributed by atoms with Crippen LogP contribution < -0.4 is 0 Å².